The molecule has 1 atom stereocenters. The molecule has 1 amide bonds. The van der Waals surface area contributed by atoms with Crippen LogP contribution in [0.1, 0.15) is 33.8 Å². The van der Waals surface area contributed by atoms with E-state index in [9.17, 15) is 40.3 Å². The molecular weight excluding hydrogens is 663 g/mol. The molecule has 7 rings (SSSR count). The summed E-state index contributed by atoms with van der Waals surface area (Å²) in [6.45, 7) is -2.00. The van der Waals surface area contributed by atoms with Gasteiger partial charge in [-0.1, -0.05) is 12.1 Å². The maximum absolute atomic E-state index is 14.0. The number of amides is 1. The van der Waals surface area contributed by atoms with Gasteiger partial charge in [0.25, 0.3) is 5.91 Å². The number of carbonyl (C=O) groups is 1. The summed E-state index contributed by atoms with van der Waals surface area (Å²) >= 11 is 0. The summed E-state index contributed by atoms with van der Waals surface area (Å²) in [5.74, 6) is -2.01. The number of nitrogens with one attached hydrogen (secondary N) is 1. The SMILES string of the molecule is CS(=O)(=O)N(CCF)c1cc2oc3c(c2cc1-c1cccc(C(=O)N2CCn4c(nnc4C(F)(F)F)C2)c1)C(O)Nc1cc(F)ccc1-3. The average Bonchev–Trinajstić information content (AvgIpc) is 3.64. The minimum Gasteiger partial charge on any atom is -0.455 e. The van der Waals surface area contributed by atoms with Gasteiger partial charge in [-0.2, -0.15) is 13.2 Å². The van der Waals surface area contributed by atoms with Crippen LogP contribution in [0.2, 0.25) is 0 Å². The van der Waals surface area contributed by atoms with Crippen LogP contribution in [-0.2, 0) is 29.3 Å². The highest BCUT2D eigenvalue weighted by atomic mass is 32.2. The Morgan fingerprint density at radius 2 is 1.90 bits per heavy atom. The number of aromatic nitrogens is 3. The summed E-state index contributed by atoms with van der Waals surface area (Å²) in [6.07, 6.45) is -5.12. The molecule has 0 aliphatic carbocycles. The Labute approximate surface area is 269 Å². The van der Waals surface area contributed by atoms with Crippen molar-refractivity contribution in [1.82, 2.24) is 19.7 Å². The average molecular weight is 689 g/mol. The summed E-state index contributed by atoms with van der Waals surface area (Å²) in [7, 11) is -4.05. The Hall–Kier alpha value is -5.03. The van der Waals surface area contributed by atoms with Crippen molar-refractivity contribution in [3.63, 3.8) is 0 Å². The smallest absolute Gasteiger partial charge is 0.451 e. The van der Waals surface area contributed by atoms with Gasteiger partial charge in [-0.15, -0.1) is 10.2 Å². The number of halogens is 5. The van der Waals surface area contributed by atoms with E-state index in [0.717, 1.165) is 15.1 Å². The third-order valence-corrected chi connectivity index (χ3v) is 9.49. The van der Waals surface area contributed by atoms with Crippen molar-refractivity contribution in [3.8, 4) is 22.5 Å². The van der Waals surface area contributed by atoms with E-state index in [1.807, 2.05) is 0 Å². The zero-order valence-corrected chi connectivity index (χ0v) is 25.7. The summed E-state index contributed by atoms with van der Waals surface area (Å²) < 4.78 is 101. The molecule has 0 radical (unpaired) electrons. The lowest BCUT2D eigenvalue weighted by Crippen LogP contribution is -2.39. The molecule has 0 spiro atoms. The van der Waals surface area contributed by atoms with Gasteiger partial charge in [-0.25, -0.2) is 17.2 Å². The first kappa shape index (κ1) is 31.6. The van der Waals surface area contributed by atoms with E-state index in [4.69, 9.17) is 4.42 Å². The number of furan rings is 1. The van der Waals surface area contributed by atoms with Gasteiger partial charge in [0.15, 0.2) is 12.1 Å². The molecular formula is C31H25F5N6O5S. The van der Waals surface area contributed by atoms with Gasteiger partial charge in [0.1, 0.15) is 23.8 Å². The first-order valence-electron chi connectivity index (χ1n) is 14.5. The van der Waals surface area contributed by atoms with Crippen LogP contribution in [0.25, 0.3) is 33.4 Å². The van der Waals surface area contributed by atoms with Crippen LogP contribution >= 0.6 is 0 Å². The van der Waals surface area contributed by atoms with Gasteiger partial charge in [0, 0.05) is 41.2 Å². The van der Waals surface area contributed by atoms with Gasteiger partial charge in [0.2, 0.25) is 15.8 Å². The predicted molar refractivity (Wildman–Crippen MR) is 164 cm³/mol. The second-order valence-electron chi connectivity index (χ2n) is 11.4. The van der Waals surface area contributed by atoms with Crippen LogP contribution < -0.4 is 9.62 Å². The van der Waals surface area contributed by atoms with E-state index < -0.39 is 53.2 Å². The maximum Gasteiger partial charge on any atom is 0.451 e. The second-order valence-corrected chi connectivity index (χ2v) is 13.3. The van der Waals surface area contributed by atoms with Gasteiger partial charge >= 0.3 is 6.18 Å². The Balaban J connectivity index is 1.34. The van der Waals surface area contributed by atoms with Crippen LogP contribution in [0.3, 0.4) is 0 Å². The van der Waals surface area contributed by atoms with Crippen LogP contribution in [0.15, 0.2) is 59.0 Å². The molecule has 0 bridgehead atoms. The fraction of sp³-hybridized carbons (Fsp3) is 0.258. The van der Waals surface area contributed by atoms with E-state index in [0.29, 0.717) is 22.1 Å². The van der Waals surface area contributed by atoms with Crippen molar-refractivity contribution in [2.45, 2.75) is 25.5 Å². The minimum absolute atomic E-state index is 0.0259. The van der Waals surface area contributed by atoms with Crippen LogP contribution in [0.4, 0.5) is 33.3 Å². The van der Waals surface area contributed by atoms with E-state index in [1.54, 1.807) is 18.2 Å². The number of anilines is 2. The number of carbonyl (C=O) groups excluding carboxylic acids is 1. The van der Waals surface area contributed by atoms with Crippen molar-refractivity contribution in [2.24, 2.45) is 0 Å². The largest absolute Gasteiger partial charge is 0.455 e. The molecule has 0 fully saturated rings. The Bertz CT molecular complexity index is 2220. The Morgan fingerprint density at radius 3 is 2.62 bits per heavy atom. The first-order chi connectivity index (χ1) is 22.7. The van der Waals surface area contributed by atoms with E-state index >= 15 is 0 Å². The Kier molecular flexibility index (Phi) is 7.43. The zero-order valence-electron chi connectivity index (χ0n) is 24.9. The summed E-state index contributed by atoms with van der Waals surface area (Å²) in [4.78, 5) is 15.0. The van der Waals surface area contributed by atoms with Crippen LogP contribution in [0, 0.1) is 5.82 Å². The van der Waals surface area contributed by atoms with Gasteiger partial charge < -0.3 is 24.3 Å². The number of hydrogen-bond acceptors (Lipinski definition) is 8. The lowest BCUT2D eigenvalue weighted by molar-refractivity contribution is -0.147. The van der Waals surface area contributed by atoms with E-state index in [-0.39, 0.29) is 59.3 Å². The monoisotopic (exact) mass is 688 g/mol. The number of nitrogens with zero attached hydrogens (tertiary/aromatic N) is 5. The van der Waals surface area contributed by atoms with Crippen molar-refractivity contribution in [2.75, 3.05) is 35.6 Å². The standard InChI is InChI=1S/C31H25F5N6O5S/c1-48(45,46)42(8-7-32)23-14-24-21(26-27(47-24)19-6-5-18(33)12-22(19)37-28(26)43)13-20(23)16-3-2-4-17(11-16)29(44)40-9-10-41-25(15-40)38-39-30(41)31(34,35)36/h2-6,11-14,28,37,43H,7-10,15H2,1H3. The van der Waals surface area contributed by atoms with Gasteiger partial charge in [-0.05, 0) is 42.0 Å². The molecule has 48 heavy (non-hydrogen) atoms. The molecule has 4 heterocycles. The van der Waals surface area contributed by atoms with Crippen LogP contribution in [0.5, 0.6) is 0 Å². The molecule has 1 unspecified atom stereocenters. The Morgan fingerprint density at radius 1 is 1.10 bits per heavy atom. The molecule has 250 valence electrons. The second kappa shape index (κ2) is 11.3. The van der Waals surface area contributed by atoms with Gasteiger partial charge in [0.05, 0.1) is 36.3 Å². The van der Waals surface area contributed by atoms with Crippen molar-refractivity contribution in [3.05, 3.63) is 83.2 Å². The van der Waals surface area contributed by atoms with Gasteiger partial charge in [-0.3, -0.25) is 9.10 Å². The molecule has 2 N–H and O–H groups in total. The number of benzene rings is 3. The maximum atomic E-state index is 14.0. The van der Waals surface area contributed by atoms with E-state index in [2.05, 4.69) is 15.5 Å². The molecule has 2 aliphatic heterocycles. The third-order valence-electron chi connectivity index (χ3n) is 8.31. The lowest BCUT2D eigenvalue weighted by atomic mass is 9.95. The lowest BCUT2D eigenvalue weighted by Gasteiger charge is -2.28. The number of sulfonamides is 1. The molecule has 0 saturated carbocycles. The number of aliphatic hydroxyl groups is 1. The highest BCUT2D eigenvalue weighted by molar-refractivity contribution is 7.92. The van der Waals surface area contributed by atoms with Crippen LogP contribution in [-0.4, -0.2) is 65.1 Å². The normalized spacial score (nSPS) is 15.9. The quantitative estimate of drug-likeness (QED) is 0.229. The third kappa shape index (κ3) is 5.32. The van der Waals surface area contributed by atoms with Crippen molar-refractivity contribution < 1.29 is 44.7 Å². The summed E-state index contributed by atoms with van der Waals surface area (Å²) in [6, 6.07) is 13.0. The molecule has 11 nitrogen and oxygen atoms in total. The molecule has 3 aromatic carbocycles. The molecule has 2 aliphatic rings. The molecule has 17 heteroatoms. The van der Waals surface area contributed by atoms with Crippen molar-refractivity contribution >= 4 is 38.3 Å². The number of fused-ring (bicyclic) bond motifs is 6. The molecule has 0 saturated heterocycles. The fourth-order valence-electron chi connectivity index (χ4n) is 6.20. The number of aliphatic hydroxyl groups excluding tert-OH is 1. The van der Waals surface area contributed by atoms with E-state index in [1.165, 1.54) is 41.3 Å². The molecule has 5 aromatic rings. The van der Waals surface area contributed by atoms with Crippen molar-refractivity contribution in [1.29, 1.82) is 0 Å². The number of rotatable bonds is 6. The predicted octanol–water partition coefficient (Wildman–Crippen LogP) is 5.32. The summed E-state index contributed by atoms with van der Waals surface area (Å²) in [5.41, 5.74) is 1.97. The highest BCUT2D eigenvalue weighted by Gasteiger charge is 2.40. The zero-order chi connectivity index (χ0) is 34.1. The first-order valence-corrected chi connectivity index (χ1v) is 16.4. The minimum atomic E-state index is -4.70. The number of hydrogen-bond donors (Lipinski definition) is 2. The molecule has 2 aromatic heterocycles. The highest BCUT2D eigenvalue weighted by Crippen LogP contribution is 2.48. The fourth-order valence-corrected chi connectivity index (χ4v) is 7.11. The topological polar surface area (TPSA) is 134 Å². The number of alkyl halides is 4. The summed E-state index contributed by atoms with van der Waals surface area (Å²) in [5, 5.41) is 21.1.